The van der Waals surface area contributed by atoms with Crippen LogP contribution in [0.3, 0.4) is 0 Å². The lowest BCUT2D eigenvalue weighted by Crippen LogP contribution is -2.69. The molecule has 0 saturated carbocycles. The first-order valence-electron chi connectivity index (χ1n) is 14.8. The van der Waals surface area contributed by atoms with Gasteiger partial charge in [-0.2, -0.15) is 0 Å². The van der Waals surface area contributed by atoms with Gasteiger partial charge in [0.05, 0.1) is 40.4 Å². The average molecular weight is 714 g/mol. The zero-order valence-electron chi connectivity index (χ0n) is 25.8. The molecule has 12 nitrogen and oxygen atoms in total. The van der Waals surface area contributed by atoms with Crippen LogP contribution in [0.2, 0.25) is 0 Å². The molecule has 254 valence electrons. The molecular formula is C29H43Cl3N4O8S. The zero-order valence-corrected chi connectivity index (χ0v) is 28.9. The van der Waals surface area contributed by atoms with Crippen molar-refractivity contribution in [3.8, 4) is 0 Å². The maximum atomic E-state index is 13.5. The van der Waals surface area contributed by atoms with Gasteiger partial charge in [0.15, 0.2) is 4.84 Å². The number of amides is 2. The molecule has 1 aromatic rings. The fourth-order valence-electron chi connectivity index (χ4n) is 6.57. The minimum absolute atomic E-state index is 0.0976. The molecule has 0 spiro atoms. The van der Waals surface area contributed by atoms with E-state index in [2.05, 4.69) is 17.6 Å². The summed E-state index contributed by atoms with van der Waals surface area (Å²) in [6.45, 7) is 5.98. The van der Waals surface area contributed by atoms with Crippen molar-refractivity contribution < 1.29 is 34.6 Å². The Balaban J connectivity index is 1.97. The van der Waals surface area contributed by atoms with E-state index in [4.69, 9.17) is 39.5 Å². The van der Waals surface area contributed by atoms with E-state index < -0.39 is 74.4 Å². The molecule has 1 aromatic carbocycles. The number of likely N-dealkylation sites (N-methyl/N-ethyl adjacent to an activating group) is 1. The number of nitrogens with one attached hydrogen (secondary N) is 2. The van der Waals surface area contributed by atoms with Gasteiger partial charge in [-0.25, -0.2) is 0 Å². The molecule has 3 rings (SSSR count). The van der Waals surface area contributed by atoms with Crippen LogP contribution in [-0.2, 0) is 19.9 Å². The lowest BCUT2D eigenvalue weighted by Gasteiger charge is -2.52. The molecule has 0 aromatic heterocycles. The number of aliphatic hydroxyl groups is 3. The van der Waals surface area contributed by atoms with E-state index in [0.29, 0.717) is 12.3 Å². The highest BCUT2D eigenvalue weighted by molar-refractivity contribution is 7.99. The molecule has 2 aliphatic rings. The first-order valence-corrected chi connectivity index (χ1v) is 17.4. The first kappa shape index (κ1) is 38.0. The van der Waals surface area contributed by atoms with Crippen LogP contribution in [0.5, 0.6) is 0 Å². The fourth-order valence-corrected chi connectivity index (χ4v) is 7.80. The van der Waals surface area contributed by atoms with E-state index in [1.807, 2.05) is 11.9 Å². The van der Waals surface area contributed by atoms with Gasteiger partial charge in [0, 0.05) is 18.7 Å². The monoisotopic (exact) mass is 712 g/mol. The number of nitro benzene ring substituents is 1. The largest absolute Gasteiger partial charge is 0.390 e. The normalized spacial score (nSPS) is 30.7. The van der Waals surface area contributed by atoms with Gasteiger partial charge >= 0.3 is 0 Å². The number of hydrogen-bond donors (Lipinski definition) is 5. The van der Waals surface area contributed by atoms with Gasteiger partial charge in [-0.05, 0) is 63.6 Å². The Morgan fingerprint density at radius 2 is 1.80 bits per heavy atom. The van der Waals surface area contributed by atoms with Crippen molar-refractivity contribution in [1.82, 2.24) is 15.5 Å². The Hall–Kier alpha value is -1.42. The quantitative estimate of drug-likeness (QED) is 0.116. The van der Waals surface area contributed by atoms with Crippen molar-refractivity contribution in [3.63, 3.8) is 0 Å². The van der Waals surface area contributed by atoms with Crippen molar-refractivity contribution in [2.75, 3.05) is 19.8 Å². The second-order valence-corrected chi connectivity index (χ2v) is 14.7. The number of thioether (sulfide) groups is 1. The third-order valence-corrected chi connectivity index (χ3v) is 10.5. The highest BCUT2D eigenvalue weighted by Crippen LogP contribution is 2.46. The second-order valence-electron chi connectivity index (χ2n) is 11.9. The number of ether oxygens (including phenoxy) is 1. The van der Waals surface area contributed by atoms with E-state index in [9.17, 15) is 35.0 Å². The summed E-state index contributed by atoms with van der Waals surface area (Å²) in [5, 5.41) is 51.7. The molecule has 2 aliphatic heterocycles. The average Bonchev–Trinajstić information content (AvgIpc) is 3.36. The highest BCUT2D eigenvalue weighted by atomic mass is 35.5. The molecular weight excluding hydrogens is 671 g/mol. The van der Waals surface area contributed by atoms with Crippen LogP contribution in [0.15, 0.2) is 24.3 Å². The summed E-state index contributed by atoms with van der Waals surface area (Å²) in [4.78, 5) is 37.2. The summed E-state index contributed by atoms with van der Waals surface area (Å²) in [7, 11) is 1.89. The van der Waals surface area contributed by atoms with Gasteiger partial charge in [0.25, 0.3) is 11.6 Å². The number of nitrogens with zero attached hydrogens (tertiary/aromatic N) is 2. The van der Waals surface area contributed by atoms with Gasteiger partial charge in [-0.1, -0.05) is 36.5 Å². The number of hydrogen-bond acceptors (Lipinski definition) is 10. The molecule has 5 N–H and O–H groups in total. The number of non-ortho nitro benzene ring substituents is 1. The Bertz CT molecular complexity index is 1180. The lowest BCUT2D eigenvalue weighted by atomic mass is 9.70. The zero-order chi connectivity index (χ0) is 33.8. The number of alkyl halides is 3. The van der Waals surface area contributed by atoms with Gasteiger partial charge < -0.3 is 30.7 Å². The van der Waals surface area contributed by atoms with E-state index in [1.54, 1.807) is 13.2 Å². The maximum absolute atomic E-state index is 13.5. The van der Waals surface area contributed by atoms with Crippen LogP contribution in [0.25, 0.3) is 0 Å². The second kappa shape index (κ2) is 16.1. The summed E-state index contributed by atoms with van der Waals surface area (Å²) >= 11 is 19.2. The predicted molar refractivity (Wildman–Crippen MR) is 174 cm³/mol. The van der Waals surface area contributed by atoms with Crippen molar-refractivity contribution in [3.05, 3.63) is 39.9 Å². The minimum Gasteiger partial charge on any atom is -0.390 e. The molecule has 2 heterocycles. The molecule has 2 saturated heterocycles. The van der Waals surface area contributed by atoms with Crippen molar-refractivity contribution in [1.29, 1.82) is 0 Å². The molecule has 9 unspecified atom stereocenters. The van der Waals surface area contributed by atoms with Crippen LogP contribution in [0.1, 0.15) is 45.6 Å². The SMILES string of the molecule is CCCC1CC(C(=O)NC(C(C)Cl)C2OC(SC)C([C@@](O)(c3ccc([N+](=O)[O-])cc3)[C@@H](C)NC(=O)C(Cl)Cl)C(O)C2O)N(C)C1. The third kappa shape index (κ3) is 8.36. The van der Waals surface area contributed by atoms with Gasteiger partial charge in [0.2, 0.25) is 5.91 Å². The minimum atomic E-state index is -2.17. The molecule has 2 amide bonds. The predicted octanol–water partition coefficient (Wildman–Crippen LogP) is 2.75. The van der Waals surface area contributed by atoms with Gasteiger partial charge in [0.1, 0.15) is 23.2 Å². The number of halogens is 3. The number of nitro groups is 1. The fraction of sp³-hybridized carbons (Fsp3) is 0.724. The van der Waals surface area contributed by atoms with E-state index in [0.717, 1.165) is 31.1 Å². The van der Waals surface area contributed by atoms with Crippen LogP contribution < -0.4 is 10.6 Å². The first-order chi connectivity index (χ1) is 21.1. The van der Waals surface area contributed by atoms with Crippen LogP contribution >= 0.6 is 46.6 Å². The Labute approximate surface area is 282 Å². The molecule has 2 fully saturated rings. The number of carbonyl (C=O) groups excluding carboxylic acids is 2. The van der Waals surface area contributed by atoms with Crippen LogP contribution in [0.4, 0.5) is 5.69 Å². The van der Waals surface area contributed by atoms with Gasteiger partial charge in [-0.15, -0.1) is 23.4 Å². The molecule has 0 bridgehead atoms. The summed E-state index contributed by atoms with van der Waals surface area (Å²) < 4.78 is 6.34. The summed E-state index contributed by atoms with van der Waals surface area (Å²) in [5.74, 6) is -2.02. The van der Waals surface area contributed by atoms with E-state index in [-0.39, 0.29) is 17.2 Å². The number of benzene rings is 1. The summed E-state index contributed by atoms with van der Waals surface area (Å²) in [6, 6.07) is 2.46. The smallest absolute Gasteiger partial charge is 0.269 e. The number of likely N-dealkylation sites (tertiary alicyclic amines) is 1. The Morgan fingerprint density at radius 1 is 1.18 bits per heavy atom. The number of rotatable bonds is 13. The maximum Gasteiger partial charge on any atom is 0.269 e. The van der Waals surface area contributed by atoms with Crippen molar-refractivity contribution >= 4 is 64.1 Å². The van der Waals surface area contributed by atoms with Crippen molar-refractivity contribution in [2.24, 2.45) is 11.8 Å². The Kier molecular flexibility index (Phi) is 13.6. The summed E-state index contributed by atoms with van der Waals surface area (Å²) in [5.41, 5.74) is -3.34. The molecule has 16 heteroatoms. The Morgan fingerprint density at radius 3 is 2.31 bits per heavy atom. The molecule has 0 aliphatic carbocycles. The number of aliphatic hydroxyl groups excluding tert-OH is 2. The van der Waals surface area contributed by atoms with Crippen molar-refractivity contribution in [2.45, 2.75) is 97.7 Å². The standard InChI is InChI=1S/C29H43Cl3N4O8S/c1-6-7-16-12-19(35(4)13-16)26(39)34-21(14(2)30)24-23(38)22(37)20(28(44-24)45-5)29(41,15(3)33-27(40)25(31)32)17-8-10-18(11-9-17)36(42)43/h8-11,14-16,19-25,28,37-38,41H,6-7,12-13H2,1-5H3,(H,33,40)(H,34,39)/t14?,15-,16?,19?,20?,21?,22?,23?,24?,28?,29+/m1/s1. The third-order valence-electron chi connectivity index (χ3n) is 8.93. The highest BCUT2D eigenvalue weighted by Gasteiger charge is 2.58. The van der Waals surface area contributed by atoms with E-state index >= 15 is 0 Å². The van der Waals surface area contributed by atoms with Crippen LogP contribution in [0, 0.1) is 22.0 Å². The molecule has 0 radical (unpaired) electrons. The number of carbonyl (C=O) groups is 2. The van der Waals surface area contributed by atoms with E-state index in [1.165, 1.54) is 31.2 Å². The molecule has 45 heavy (non-hydrogen) atoms. The van der Waals surface area contributed by atoms with Crippen LogP contribution in [-0.4, -0.2) is 109 Å². The molecule has 11 atom stereocenters. The van der Waals surface area contributed by atoms with Gasteiger partial charge in [-0.3, -0.25) is 24.6 Å². The topological polar surface area (TPSA) is 174 Å². The lowest BCUT2D eigenvalue weighted by molar-refractivity contribution is -0.384. The summed E-state index contributed by atoms with van der Waals surface area (Å²) in [6.07, 6.45) is -0.137.